The number of hydrogen-bond acceptors (Lipinski definition) is 4. The van der Waals surface area contributed by atoms with Crippen molar-refractivity contribution in [3.63, 3.8) is 0 Å². The number of thiophene rings is 1. The van der Waals surface area contributed by atoms with Crippen molar-refractivity contribution in [2.75, 3.05) is 10.6 Å². The second-order valence-corrected chi connectivity index (χ2v) is 12.1. The van der Waals surface area contributed by atoms with E-state index in [1.165, 1.54) is 27.5 Å². The molecule has 0 fully saturated rings. The first-order valence-corrected chi connectivity index (χ1v) is 14.3. The van der Waals surface area contributed by atoms with Crippen LogP contribution in [0.5, 0.6) is 0 Å². The van der Waals surface area contributed by atoms with Gasteiger partial charge in [-0.25, -0.2) is 8.42 Å². The summed E-state index contributed by atoms with van der Waals surface area (Å²) in [4.78, 5) is 13.5. The van der Waals surface area contributed by atoms with Crippen molar-refractivity contribution in [2.45, 2.75) is 32.4 Å². The molecule has 1 amide bonds. The predicted molar refractivity (Wildman–Crippen MR) is 146 cm³/mol. The summed E-state index contributed by atoms with van der Waals surface area (Å²) in [6, 6.07) is 24.6. The van der Waals surface area contributed by atoms with E-state index >= 15 is 0 Å². The van der Waals surface area contributed by atoms with Crippen LogP contribution in [0.15, 0.2) is 78.9 Å². The molecule has 0 aliphatic heterocycles. The lowest BCUT2D eigenvalue weighted by Crippen LogP contribution is -2.32. The standard InChI is InChI=1S/C27H27ClN2O3S2/c1-19(8-9-20-6-4-3-5-7-20)29-27(31)26-17-22-16-24(14-15-25(22)34-26)30(35(2,32)33)18-21-10-12-23(28)13-11-21/h3-7,10-17,19H,8-9,18H2,1-2H3,(H,29,31)/t19-/m0/s1. The van der Waals surface area contributed by atoms with Gasteiger partial charge in [0.25, 0.3) is 5.91 Å². The molecule has 3 aromatic carbocycles. The Morgan fingerprint density at radius 3 is 2.40 bits per heavy atom. The third-order valence-electron chi connectivity index (χ3n) is 5.74. The van der Waals surface area contributed by atoms with Crippen LogP contribution in [0.2, 0.25) is 5.02 Å². The fourth-order valence-corrected chi connectivity index (χ4v) is 5.80. The average Bonchev–Trinajstić information content (AvgIpc) is 3.26. The Morgan fingerprint density at radius 1 is 1.00 bits per heavy atom. The Morgan fingerprint density at radius 2 is 1.71 bits per heavy atom. The quantitative estimate of drug-likeness (QED) is 0.279. The summed E-state index contributed by atoms with van der Waals surface area (Å²) in [6.07, 6.45) is 2.93. The van der Waals surface area contributed by atoms with E-state index < -0.39 is 10.0 Å². The van der Waals surface area contributed by atoms with Gasteiger partial charge in [0.15, 0.2) is 0 Å². The van der Waals surface area contributed by atoms with Crippen molar-refractivity contribution in [1.82, 2.24) is 5.32 Å². The first kappa shape index (κ1) is 25.2. The van der Waals surface area contributed by atoms with Crippen LogP contribution in [0, 0.1) is 0 Å². The molecule has 182 valence electrons. The zero-order valence-electron chi connectivity index (χ0n) is 19.6. The van der Waals surface area contributed by atoms with Crippen LogP contribution in [-0.2, 0) is 23.0 Å². The molecule has 1 atom stereocenters. The van der Waals surface area contributed by atoms with Gasteiger partial charge >= 0.3 is 0 Å². The molecule has 0 unspecified atom stereocenters. The van der Waals surface area contributed by atoms with Crippen LogP contribution in [-0.4, -0.2) is 26.6 Å². The number of nitrogens with one attached hydrogen (secondary N) is 1. The highest BCUT2D eigenvalue weighted by Crippen LogP contribution is 2.31. The molecule has 0 saturated carbocycles. The summed E-state index contributed by atoms with van der Waals surface area (Å²) in [6.45, 7) is 2.20. The number of amides is 1. The van der Waals surface area contributed by atoms with Crippen molar-refractivity contribution in [3.8, 4) is 0 Å². The number of carbonyl (C=O) groups is 1. The Hall–Kier alpha value is -2.87. The summed E-state index contributed by atoms with van der Waals surface area (Å²) in [7, 11) is -3.53. The van der Waals surface area contributed by atoms with Gasteiger partial charge in [-0.1, -0.05) is 54.1 Å². The summed E-state index contributed by atoms with van der Waals surface area (Å²) >= 11 is 7.36. The van der Waals surface area contributed by atoms with E-state index in [2.05, 4.69) is 17.4 Å². The molecule has 8 heteroatoms. The minimum atomic E-state index is -3.53. The van der Waals surface area contributed by atoms with Crippen LogP contribution >= 0.6 is 22.9 Å². The predicted octanol–water partition coefficient (Wildman–Crippen LogP) is 6.27. The number of halogens is 1. The van der Waals surface area contributed by atoms with Gasteiger partial charge in [0.1, 0.15) is 0 Å². The molecule has 1 heterocycles. The Kier molecular flexibility index (Phi) is 7.79. The van der Waals surface area contributed by atoms with Crippen LogP contribution in [0.1, 0.15) is 34.1 Å². The minimum Gasteiger partial charge on any atom is -0.349 e. The number of anilines is 1. The van der Waals surface area contributed by atoms with E-state index in [0.29, 0.717) is 15.6 Å². The molecule has 35 heavy (non-hydrogen) atoms. The van der Waals surface area contributed by atoms with Gasteiger partial charge in [-0.3, -0.25) is 9.10 Å². The highest BCUT2D eigenvalue weighted by Gasteiger charge is 2.20. The van der Waals surface area contributed by atoms with Gasteiger partial charge in [-0.2, -0.15) is 0 Å². The Balaban J connectivity index is 1.49. The maximum absolute atomic E-state index is 12.9. The SMILES string of the molecule is C[C@@H](CCc1ccccc1)NC(=O)c1cc2cc(N(Cc3ccc(Cl)cc3)S(C)(=O)=O)ccc2s1. The molecular weight excluding hydrogens is 500 g/mol. The lowest BCUT2D eigenvalue weighted by molar-refractivity contribution is 0.0942. The maximum Gasteiger partial charge on any atom is 0.261 e. The van der Waals surface area contributed by atoms with E-state index in [1.54, 1.807) is 18.2 Å². The first-order chi connectivity index (χ1) is 16.7. The van der Waals surface area contributed by atoms with E-state index in [0.717, 1.165) is 28.5 Å². The van der Waals surface area contributed by atoms with E-state index in [9.17, 15) is 13.2 Å². The fraction of sp³-hybridized carbons (Fsp3) is 0.222. The largest absolute Gasteiger partial charge is 0.349 e. The topological polar surface area (TPSA) is 66.5 Å². The molecule has 4 rings (SSSR count). The molecule has 0 bridgehead atoms. The maximum atomic E-state index is 12.9. The molecule has 0 spiro atoms. The molecule has 0 saturated heterocycles. The third kappa shape index (κ3) is 6.63. The second kappa shape index (κ2) is 10.8. The summed E-state index contributed by atoms with van der Waals surface area (Å²) < 4.78 is 27.4. The zero-order chi connectivity index (χ0) is 25.0. The molecular formula is C27H27ClN2O3S2. The summed E-state index contributed by atoms with van der Waals surface area (Å²) in [5.41, 5.74) is 2.63. The van der Waals surface area contributed by atoms with Crippen LogP contribution in [0.25, 0.3) is 10.1 Å². The van der Waals surface area contributed by atoms with Crippen molar-refractivity contribution in [2.24, 2.45) is 0 Å². The smallest absolute Gasteiger partial charge is 0.261 e. The van der Waals surface area contributed by atoms with E-state index in [4.69, 9.17) is 11.6 Å². The van der Waals surface area contributed by atoms with Crippen molar-refractivity contribution in [3.05, 3.63) is 99.9 Å². The number of sulfonamides is 1. The average molecular weight is 527 g/mol. The molecule has 5 nitrogen and oxygen atoms in total. The highest BCUT2D eigenvalue weighted by molar-refractivity contribution is 7.92. The monoisotopic (exact) mass is 526 g/mol. The number of rotatable bonds is 9. The van der Waals surface area contributed by atoms with E-state index in [-0.39, 0.29) is 18.5 Å². The van der Waals surface area contributed by atoms with Gasteiger partial charge in [0.2, 0.25) is 10.0 Å². The van der Waals surface area contributed by atoms with Gasteiger partial charge in [0.05, 0.1) is 23.4 Å². The Labute approximate surface area is 215 Å². The van der Waals surface area contributed by atoms with Crippen LogP contribution in [0.4, 0.5) is 5.69 Å². The number of benzene rings is 3. The first-order valence-electron chi connectivity index (χ1n) is 11.3. The van der Waals surface area contributed by atoms with Crippen molar-refractivity contribution < 1.29 is 13.2 Å². The number of nitrogens with zero attached hydrogens (tertiary/aromatic N) is 1. The fourth-order valence-electron chi connectivity index (χ4n) is 3.85. The highest BCUT2D eigenvalue weighted by atomic mass is 35.5. The van der Waals surface area contributed by atoms with Gasteiger partial charge < -0.3 is 5.32 Å². The number of hydrogen-bond donors (Lipinski definition) is 1. The normalized spacial score (nSPS) is 12.4. The molecule has 1 aromatic heterocycles. The van der Waals surface area contributed by atoms with Crippen LogP contribution < -0.4 is 9.62 Å². The summed E-state index contributed by atoms with van der Waals surface area (Å²) in [5.74, 6) is -0.116. The van der Waals surface area contributed by atoms with Gasteiger partial charge in [-0.05, 0) is 72.7 Å². The second-order valence-electron chi connectivity index (χ2n) is 8.63. The number of aryl methyl sites for hydroxylation is 1. The molecule has 1 N–H and O–H groups in total. The lowest BCUT2D eigenvalue weighted by Gasteiger charge is -2.22. The van der Waals surface area contributed by atoms with Crippen LogP contribution in [0.3, 0.4) is 0 Å². The molecule has 0 aliphatic carbocycles. The molecule has 4 aromatic rings. The van der Waals surface area contributed by atoms with Crippen molar-refractivity contribution in [1.29, 1.82) is 0 Å². The summed E-state index contributed by atoms with van der Waals surface area (Å²) in [5, 5.41) is 4.51. The lowest BCUT2D eigenvalue weighted by atomic mass is 10.1. The number of fused-ring (bicyclic) bond motifs is 1. The third-order valence-corrected chi connectivity index (χ3v) is 8.25. The van der Waals surface area contributed by atoms with E-state index in [1.807, 2.05) is 55.5 Å². The minimum absolute atomic E-state index is 0.0311. The zero-order valence-corrected chi connectivity index (χ0v) is 22.0. The van der Waals surface area contributed by atoms with Gasteiger partial charge in [-0.15, -0.1) is 11.3 Å². The number of carbonyl (C=O) groups excluding carboxylic acids is 1. The van der Waals surface area contributed by atoms with Gasteiger partial charge in [0, 0.05) is 15.8 Å². The van der Waals surface area contributed by atoms with Crippen molar-refractivity contribution >= 4 is 54.6 Å². The molecule has 0 aliphatic rings. The molecule has 0 radical (unpaired) electrons. The Bertz CT molecular complexity index is 1420.